The molecule has 51 heavy (non-hydrogen) atoms. The van der Waals surface area contributed by atoms with Gasteiger partial charge in [-0.2, -0.15) is 0 Å². The molecule has 1 aromatic rings. The fourth-order valence-electron chi connectivity index (χ4n) is 6.63. The molecule has 0 aliphatic carbocycles. The highest BCUT2D eigenvalue weighted by Crippen LogP contribution is 2.14. The predicted octanol–water partition coefficient (Wildman–Crippen LogP) is 13.6. The highest BCUT2D eigenvalue weighted by atomic mass is 16.6. The van der Waals surface area contributed by atoms with Gasteiger partial charge in [-0.3, -0.25) is 0 Å². The number of hydrogen-bond donors (Lipinski definition) is 0. The second kappa shape index (κ2) is 41.8. The van der Waals surface area contributed by atoms with Gasteiger partial charge in [0.15, 0.2) is 0 Å². The zero-order valence-corrected chi connectivity index (χ0v) is 34.2. The first-order valence-electron chi connectivity index (χ1n) is 22.3. The van der Waals surface area contributed by atoms with Gasteiger partial charge in [-0.15, -0.1) is 0 Å². The van der Waals surface area contributed by atoms with E-state index in [1.807, 2.05) is 18.2 Å². The van der Waals surface area contributed by atoms with Crippen LogP contribution in [-0.4, -0.2) is 59.0 Å². The van der Waals surface area contributed by atoms with E-state index in [-0.39, 0.29) is 6.10 Å². The number of unbranched alkanes of at least 4 members (excludes halogenated alkanes) is 26. The molecule has 1 rings (SSSR count). The third-order valence-electron chi connectivity index (χ3n) is 9.96. The first kappa shape index (κ1) is 48.0. The first-order chi connectivity index (χ1) is 25.4. The molecule has 5 nitrogen and oxygen atoms in total. The molecule has 0 bridgehead atoms. The van der Waals surface area contributed by atoms with E-state index in [9.17, 15) is 0 Å². The van der Waals surface area contributed by atoms with E-state index in [1.165, 1.54) is 173 Å². The van der Waals surface area contributed by atoms with E-state index in [1.54, 1.807) is 0 Å². The van der Waals surface area contributed by atoms with E-state index < -0.39 is 0 Å². The van der Waals surface area contributed by atoms with Crippen LogP contribution in [0.25, 0.3) is 0 Å². The van der Waals surface area contributed by atoms with Crippen LogP contribution in [0.1, 0.15) is 199 Å². The Balaban J connectivity index is 1.98. The van der Waals surface area contributed by atoms with Crippen LogP contribution in [0.2, 0.25) is 0 Å². The highest BCUT2D eigenvalue weighted by molar-refractivity contribution is 5.13. The van der Waals surface area contributed by atoms with Crippen molar-refractivity contribution in [3.63, 3.8) is 0 Å². The zero-order chi connectivity index (χ0) is 36.4. The lowest BCUT2D eigenvalue weighted by Crippen LogP contribution is -2.28. The fraction of sp³-hybridized carbons (Fsp3) is 0.870. The zero-order valence-electron chi connectivity index (χ0n) is 34.2. The molecular formula is C46H86O5. The van der Waals surface area contributed by atoms with Crippen molar-refractivity contribution in [3.8, 4) is 0 Å². The van der Waals surface area contributed by atoms with Crippen molar-refractivity contribution in [1.29, 1.82) is 0 Å². The second-order valence-electron chi connectivity index (χ2n) is 15.0. The maximum absolute atomic E-state index is 6.13. The largest absolute Gasteiger partial charge is 0.379 e. The first-order valence-corrected chi connectivity index (χ1v) is 22.3. The van der Waals surface area contributed by atoms with Gasteiger partial charge < -0.3 is 23.7 Å². The van der Waals surface area contributed by atoms with Crippen molar-refractivity contribution in [2.75, 3.05) is 52.9 Å². The molecule has 1 aromatic carbocycles. The SMILES string of the molecule is CCCCCCCCCCCCCCCCOCCOCC(COCc1ccccc1)OCCOCCCCCCCCCCCCCCCC. The third-order valence-corrected chi connectivity index (χ3v) is 9.96. The minimum atomic E-state index is -0.107. The van der Waals surface area contributed by atoms with Gasteiger partial charge in [-0.25, -0.2) is 0 Å². The van der Waals surface area contributed by atoms with Gasteiger partial charge in [0.05, 0.1) is 46.2 Å². The summed E-state index contributed by atoms with van der Waals surface area (Å²) in [6.07, 6.45) is 38.5. The number of hydrogen-bond acceptors (Lipinski definition) is 5. The van der Waals surface area contributed by atoms with Crippen LogP contribution in [0, 0.1) is 0 Å². The molecule has 1 atom stereocenters. The topological polar surface area (TPSA) is 46.2 Å². The Labute approximate surface area is 318 Å². The van der Waals surface area contributed by atoms with Crippen LogP contribution in [0.15, 0.2) is 30.3 Å². The van der Waals surface area contributed by atoms with Gasteiger partial charge in [-0.05, 0) is 18.4 Å². The number of rotatable bonds is 43. The summed E-state index contributed by atoms with van der Waals surface area (Å²) in [6, 6.07) is 10.3. The molecule has 0 radical (unpaired) electrons. The lowest BCUT2D eigenvalue weighted by Gasteiger charge is -2.18. The predicted molar refractivity (Wildman–Crippen MR) is 219 cm³/mol. The van der Waals surface area contributed by atoms with E-state index in [0.717, 1.165) is 26.1 Å². The van der Waals surface area contributed by atoms with Gasteiger partial charge >= 0.3 is 0 Å². The molecule has 0 fully saturated rings. The summed E-state index contributed by atoms with van der Waals surface area (Å²) >= 11 is 0. The van der Waals surface area contributed by atoms with Gasteiger partial charge in [0.2, 0.25) is 0 Å². The lowest BCUT2D eigenvalue weighted by atomic mass is 10.0. The molecular weight excluding hydrogens is 633 g/mol. The van der Waals surface area contributed by atoms with E-state index in [2.05, 4.69) is 26.0 Å². The average Bonchev–Trinajstić information content (AvgIpc) is 3.15. The molecule has 0 aliphatic heterocycles. The van der Waals surface area contributed by atoms with Crippen LogP contribution < -0.4 is 0 Å². The van der Waals surface area contributed by atoms with Gasteiger partial charge in [0.25, 0.3) is 0 Å². The van der Waals surface area contributed by atoms with Crippen molar-refractivity contribution in [2.45, 2.75) is 206 Å². The number of benzene rings is 1. The van der Waals surface area contributed by atoms with Crippen molar-refractivity contribution in [2.24, 2.45) is 0 Å². The Morgan fingerprint density at radius 1 is 0.353 bits per heavy atom. The van der Waals surface area contributed by atoms with Crippen LogP contribution in [0.5, 0.6) is 0 Å². The molecule has 0 N–H and O–H groups in total. The van der Waals surface area contributed by atoms with Gasteiger partial charge in [0, 0.05) is 13.2 Å². The Kier molecular flexibility index (Phi) is 39.3. The molecule has 0 heterocycles. The highest BCUT2D eigenvalue weighted by Gasteiger charge is 2.11. The lowest BCUT2D eigenvalue weighted by molar-refractivity contribution is -0.0811. The summed E-state index contributed by atoms with van der Waals surface area (Å²) < 4.78 is 29.8. The summed E-state index contributed by atoms with van der Waals surface area (Å²) in [7, 11) is 0. The standard InChI is InChI=1S/C46H86O5/c1-3-5-7-9-11-13-15-17-19-21-23-25-27-32-36-47-38-39-49-43-46(44-50-42-45-34-30-29-31-35-45)51-41-40-48-37-33-28-26-24-22-20-18-16-14-12-10-8-6-4-2/h29-31,34-35,46H,3-28,32-33,36-44H2,1-2H3. The Morgan fingerprint density at radius 2 is 0.706 bits per heavy atom. The molecule has 5 heteroatoms. The molecule has 0 saturated carbocycles. The summed E-state index contributed by atoms with van der Waals surface area (Å²) in [4.78, 5) is 0. The van der Waals surface area contributed by atoms with Crippen LogP contribution in [0.3, 0.4) is 0 Å². The molecule has 0 saturated heterocycles. The molecule has 0 aliphatic rings. The van der Waals surface area contributed by atoms with Crippen molar-refractivity contribution >= 4 is 0 Å². The third kappa shape index (κ3) is 37.1. The summed E-state index contributed by atoms with van der Waals surface area (Å²) in [5, 5.41) is 0. The van der Waals surface area contributed by atoms with E-state index in [0.29, 0.717) is 46.2 Å². The Morgan fingerprint density at radius 3 is 1.14 bits per heavy atom. The summed E-state index contributed by atoms with van der Waals surface area (Å²) in [5.41, 5.74) is 1.17. The van der Waals surface area contributed by atoms with Crippen LogP contribution in [-0.2, 0) is 30.3 Å². The van der Waals surface area contributed by atoms with Crippen LogP contribution in [0.4, 0.5) is 0 Å². The minimum absolute atomic E-state index is 0.107. The number of ether oxygens (including phenoxy) is 5. The van der Waals surface area contributed by atoms with E-state index >= 15 is 0 Å². The van der Waals surface area contributed by atoms with Crippen molar-refractivity contribution in [3.05, 3.63) is 35.9 Å². The maximum Gasteiger partial charge on any atom is 0.104 e. The Bertz CT molecular complexity index is 759. The maximum atomic E-state index is 6.13. The normalized spacial score (nSPS) is 12.2. The Hall–Kier alpha value is -0.980. The monoisotopic (exact) mass is 719 g/mol. The van der Waals surface area contributed by atoms with Gasteiger partial charge in [-0.1, -0.05) is 211 Å². The van der Waals surface area contributed by atoms with E-state index in [4.69, 9.17) is 23.7 Å². The average molecular weight is 719 g/mol. The quantitative estimate of drug-likeness (QED) is 0.0629. The molecule has 0 aromatic heterocycles. The van der Waals surface area contributed by atoms with Gasteiger partial charge in [0.1, 0.15) is 6.10 Å². The molecule has 0 spiro atoms. The summed E-state index contributed by atoms with van der Waals surface area (Å²) in [6.45, 7) is 10.3. The smallest absolute Gasteiger partial charge is 0.104 e. The molecule has 300 valence electrons. The second-order valence-corrected chi connectivity index (χ2v) is 15.0. The molecule has 0 amide bonds. The summed E-state index contributed by atoms with van der Waals surface area (Å²) in [5.74, 6) is 0. The van der Waals surface area contributed by atoms with Crippen molar-refractivity contribution in [1.82, 2.24) is 0 Å². The van der Waals surface area contributed by atoms with Crippen LogP contribution >= 0.6 is 0 Å². The van der Waals surface area contributed by atoms with Crippen molar-refractivity contribution < 1.29 is 23.7 Å². The molecule has 1 unspecified atom stereocenters. The minimum Gasteiger partial charge on any atom is -0.379 e. The fourth-order valence-corrected chi connectivity index (χ4v) is 6.63.